The molecule has 0 amide bonds. The fraction of sp³-hybridized carbons (Fsp3) is 0.462. The summed E-state index contributed by atoms with van der Waals surface area (Å²) in [5.41, 5.74) is 4.81. The molecule has 98 valence electrons. The number of rotatable bonds is 2. The van der Waals surface area contributed by atoms with E-state index in [-0.39, 0.29) is 0 Å². The molecule has 0 atom stereocenters. The minimum atomic E-state index is 0.399. The van der Waals surface area contributed by atoms with Crippen molar-refractivity contribution in [3.8, 4) is 0 Å². The molecule has 0 bridgehead atoms. The van der Waals surface area contributed by atoms with Gasteiger partial charge in [-0.05, 0) is 37.5 Å². The second kappa shape index (κ2) is 6.20. The Morgan fingerprint density at radius 3 is 2.78 bits per heavy atom. The molecular weight excluding hydrogens is 292 g/mol. The Morgan fingerprint density at radius 1 is 1.39 bits per heavy atom. The van der Waals surface area contributed by atoms with Crippen LogP contribution in [0.2, 0.25) is 0 Å². The number of hydrogen-bond donors (Lipinski definition) is 3. The van der Waals surface area contributed by atoms with E-state index in [4.69, 9.17) is 5.84 Å². The smallest absolute Gasteiger partial charge is 0.210 e. The van der Waals surface area contributed by atoms with E-state index in [1.165, 1.54) is 12.8 Å². The van der Waals surface area contributed by atoms with Crippen molar-refractivity contribution in [3.05, 3.63) is 28.2 Å². The van der Waals surface area contributed by atoms with Crippen molar-refractivity contribution in [3.63, 3.8) is 0 Å². The van der Waals surface area contributed by atoms with Crippen LogP contribution < -0.4 is 16.6 Å². The van der Waals surface area contributed by atoms with Gasteiger partial charge in [0.05, 0.1) is 6.04 Å². The number of hydrazine groups is 1. The Morgan fingerprint density at radius 2 is 2.11 bits per heavy atom. The molecule has 0 aliphatic heterocycles. The van der Waals surface area contributed by atoms with E-state index in [9.17, 15) is 0 Å². The number of aliphatic imine (C=N–C) groups is 1. The van der Waals surface area contributed by atoms with Crippen molar-refractivity contribution in [1.82, 2.24) is 5.43 Å². The molecule has 1 saturated carbocycles. The molecule has 0 aromatic heterocycles. The number of hydrogen-bond acceptors (Lipinski definition) is 2. The standard InChI is InChI=1S/C13H19BrN4/c1-9-11(14)7-4-8-12(9)17-13(18-15)16-10-5-2-3-6-10/h4,7-8,10H,2-3,5-6,15H2,1H3,(H2,16,17,18). The zero-order valence-electron chi connectivity index (χ0n) is 10.5. The number of nitrogens with one attached hydrogen (secondary N) is 2. The molecule has 0 spiro atoms. The molecule has 0 unspecified atom stereocenters. The van der Waals surface area contributed by atoms with Crippen LogP contribution in [0.15, 0.2) is 27.7 Å². The lowest BCUT2D eigenvalue weighted by Gasteiger charge is -2.14. The average molecular weight is 311 g/mol. The van der Waals surface area contributed by atoms with Crippen LogP contribution in [0.5, 0.6) is 0 Å². The van der Waals surface area contributed by atoms with Gasteiger partial charge in [0.2, 0.25) is 5.96 Å². The second-order valence-electron chi connectivity index (χ2n) is 4.60. The van der Waals surface area contributed by atoms with E-state index < -0.39 is 0 Å². The minimum Gasteiger partial charge on any atom is -0.325 e. The van der Waals surface area contributed by atoms with E-state index in [0.717, 1.165) is 28.6 Å². The van der Waals surface area contributed by atoms with Crippen molar-refractivity contribution in [1.29, 1.82) is 0 Å². The summed E-state index contributed by atoms with van der Waals surface area (Å²) in [6, 6.07) is 6.42. The first-order valence-corrected chi connectivity index (χ1v) is 7.06. The van der Waals surface area contributed by atoms with Gasteiger partial charge in [-0.25, -0.2) is 10.8 Å². The van der Waals surface area contributed by atoms with Gasteiger partial charge in [-0.3, -0.25) is 5.43 Å². The number of nitrogens with zero attached hydrogens (tertiary/aromatic N) is 1. The third-order valence-corrected chi connectivity index (χ3v) is 4.15. The van der Waals surface area contributed by atoms with Crippen molar-refractivity contribution >= 4 is 27.6 Å². The predicted octanol–water partition coefficient (Wildman–Crippen LogP) is 2.93. The highest BCUT2D eigenvalue weighted by atomic mass is 79.9. The lowest BCUT2D eigenvalue weighted by molar-refractivity contribution is 0.700. The van der Waals surface area contributed by atoms with Crippen molar-refractivity contribution in [2.45, 2.75) is 38.6 Å². The van der Waals surface area contributed by atoms with Crippen molar-refractivity contribution < 1.29 is 0 Å². The number of guanidine groups is 1. The molecular formula is C13H19BrN4. The first-order valence-electron chi connectivity index (χ1n) is 6.27. The molecule has 18 heavy (non-hydrogen) atoms. The molecule has 5 heteroatoms. The number of anilines is 1. The molecule has 1 aliphatic carbocycles. The monoisotopic (exact) mass is 310 g/mol. The van der Waals surface area contributed by atoms with E-state index in [1.807, 2.05) is 18.2 Å². The molecule has 0 saturated heterocycles. The maximum atomic E-state index is 5.53. The van der Waals surface area contributed by atoms with Crippen LogP contribution in [0.3, 0.4) is 0 Å². The molecule has 0 heterocycles. The average Bonchev–Trinajstić information content (AvgIpc) is 2.86. The molecule has 4 N–H and O–H groups in total. The van der Waals surface area contributed by atoms with Crippen LogP contribution in [0.25, 0.3) is 0 Å². The Balaban J connectivity index is 2.12. The lowest BCUT2D eigenvalue weighted by Crippen LogP contribution is -2.37. The van der Waals surface area contributed by atoms with Crippen LogP contribution in [-0.4, -0.2) is 12.0 Å². The molecule has 1 aromatic rings. The van der Waals surface area contributed by atoms with Gasteiger partial charge in [0.25, 0.3) is 0 Å². The molecule has 2 rings (SSSR count). The lowest BCUT2D eigenvalue weighted by atomic mass is 10.2. The van der Waals surface area contributed by atoms with Crippen molar-refractivity contribution in [2.24, 2.45) is 10.8 Å². The Kier molecular flexibility index (Phi) is 4.60. The first kappa shape index (κ1) is 13.4. The zero-order chi connectivity index (χ0) is 13.0. The van der Waals surface area contributed by atoms with E-state index in [2.05, 4.69) is 38.6 Å². The van der Waals surface area contributed by atoms with E-state index in [0.29, 0.717) is 12.0 Å². The number of benzene rings is 1. The largest absolute Gasteiger partial charge is 0.325 e. The third-order valence-electron chi connectivity index (χ3n) is 3.29. The van der Waals surface area contributed by atoms with Gasteiger partial charge in [0, 0.05) is 10.2 Å². The summed E-state index contributed by atoms with van der Waals surface area (Å²) >= 11 is 3.51. The van der Waals surface area contributed by atoms with E-state index >= 15 is 0 Å². The summed E-state index contributed by atoms with van der Waals surface area (Å²) in [7, 11) is 0. The number of halogens is 1. The van der Waals surface area contributed by atoms with E-state index in [1.54, 1.807) is 0 Å². The zero-order valence-corrected chi connectivity index (χ0v) is 12.1. The molecule has 0 radical (unpaired) electrons. The van der Waals surface area contributed by atoms with Gasteiger partial charge in [-0.1, -0.05) is 34.8 Å². The molecule has 1 fully saturated rings. The van der Waals surface area contributed by atoms with Crippen LogP contribution in [0.1, 0.15) is 31.2 Å². The van der Waals surface area contributed by atoms with Crippen LogP contribution >= 0.6 is 15.9 Å². The predicted molar refractivity (Wildman–Crippen MR) is 79.5 cm³/mol. The van der Waals surface area contributed by atoms with Gasteiger partial charge in [0.1, 0.15) is 0 Å². The van der Waals surface area contributed by atoms with Gasteiger partial charge < -0.3 is 5.32 Å². The highest BCUT2D eigenvalue weighted by Gasteiger charge is 2.14. The third kappa shape index (κ3) is 3.23. The fourth-order valence-corrected chi connectivity index (χ4v) is 2.56. The normalized spacial score (nSPS) is 16.9. The summed E-state index contributed by atoms with van der Waals surface area (Å²) in [5.74, 6) is 6.17. The first-order chi connectivity index (χ1) is 8.70. The fourth-order valence-electron chi connectivity index (χ4n) is 2.19. The Labute approximate surface area is 116 Å². The quantitative estimate of drug-likeness (QED) is 0.341. The minimum absolute atomic E-state index is 0.399. The van der Waals surface area contributed by atoms with Gasteiger partial charge in [-0.2, -0.15) is 0 Å². The van der Waals surface area contributed by atoms with Gasteiger partial charge in [0.15, 0.2) is 0 Å². The topological polar surface area (TPSA) is 62.4 Å². The summed E-state index contributed by atoms with van der Waals surface area (Å²) in [6.45, 7) is 2.05. The Hall–Kier alpha value is -1.07. The SMILES string of the molecule is Cc1c(Br)cccc1NC(=NC1CCCC1)NN. The van der Waals surface area contributed by atoms with Gasteiger partial charge in [-0.15, -0.1) is 0 Å². The van der Waals surface area contributed by atoms with Crippen LogP contribution in [0, 0.1) is 6.92 Å². The van der Waals surface area contributed by atoms with Crippen LogP contribution in [-0.2, 0) is 0 Å². The highest BCUT2D eigenvalue weighted by Crippen LogP contribution is 2.24. The summed E-state index contributed by atoms with van der Waals surface area (Å²) in [5, 5.41) is 3.25. The maximum absolute atomic E-state index is 5.53. The Bertz CT molecular complexity index is 439. The van der Waals surface area contributed by atoms with Gasteiger partial charge >= 0.3 is 0 Å². The molecule has 1 aromatic carbocycles. The second-order valence-corrected chi connectivity index (χ2v) is 5.45. The summed E-state index contributed by atoms with van der Waals surface area (Å²) in [6.07, 6.45) is 4.85. The number of nitrogens with two attached hydrogens (primary N) is 1. The summed E-state index contributed by atoms with van der Waals surface area (Å²) < 4.78 is 1.07. The molecule has 4 nitrogen and oxygen atoms in total. The maximum Gasteiger partial charge on any atom is 0.210 e. The van der Waals surface area contributed by atoms with Crippen LogP contribution in [0.4, 0.5) is 5.69 Å². The summed E-state index contributed by atoms with van der Waals surface area (Å²) in [4.78, 5) is 4.61. The highest BCUT2D eigenvalue weighted by molar-refractivity contribution is 9.10. The molecule has 1 aliphatic rings. The van der Waals surface area contributed by atoms with Crippen molar-refractivity contribution in [2.75, 3.05) is 5.32 Å².